The Balaban J connectivity index is 3.71. The van der Waals surface area contributed by atoms with Crippen LogP contribution >= 0.6 is 0 Å². The van der Waals surface area contributed by atoms with Gasteiger partial charge in [-0.15, -0.1) is 0 Å². The second-order valence-electron chi connectivity index (χ2n) is 2.64. The molecule has 0 aliphatic heterocycles. The molecule has 0 heterocycles. The Morgan fingerprint density at radius 3 is 1.75 bits per heavy atom. The first-order valence-corrected chi connectivity index (χ1v) is 5.83. The van der Waals surface area contributed by atoms with Gasteiger partial charge in [-0.2, -0.15) is 0 Å². The predicted molar refractivity (Wildman–Crippen MR) is 32.3 cm³/mol. The molecule has 0 fully saturated rings. The van der Waals surface area contributed by atoms with E-state index in [2.05, 4.69) is 0 Å². The van der Waals surface area contributed by atoms with Gasteiger partial charge in [0.1, 0.15) is 0 Å². The van der Waals surface area contributed by atoms with Crippen LogP contribution in [-0.2, 0) is 0 Å². The second-order valence-corrected chi connectivity index (χ2v) is 7.18. The van der Waals surface area contributed by atoms with Crippen molar-refractivity contribution in [1.29, 1.82) is 0 Å². The molecule has 0 amide bonds. The van der Waals surface area contributed by atoms with Gasteiger partial charge in [-0.3, -0.25) is 0 Å². The molecule has 0 aliphatic carbocycles. The van der Waals surface area contributed by atoms with Crippen LogP contribution in [0.5, 0.6) is 0 Å². The molecular weight excluding hydrogens is 168 g/mol. The monoisotopic (exact) mass is 178 g/mol. The maximum atomic E-state index is 12.0. The van der Waals surface area contributed by atoms with Crippen LogP contribution in [0.1, 0.15) is 27.2 Å². The molecule has 0 nitrogen and oxygen atoms in total. The molecule has 3 heteroatoms. The molecule has 48 valence electrons. The van der Waals surface area contributed by atoms with Gasteiger partial charge in [0.15, 0.2) is 0 Å². The minimum absolute atomic E-state index is 0.604. The van der Waals surface area contributed by atoms with E-state index in [0.29, 0.717) is 6.42 Å². The molecule has 0 bridgehead atoms. The number of halogens is 2. The van der Waals surface area contributed by atoms with Gasteiger partial charge in [0, 0.05) is 0 Å². The Morgan fingerprint density at radius 2 is 1.75 bits per heavy atom. The van der Waals surface area contributed by atoms with Crippen LogP contribution in [0.3, 0.4) is 0 Å². The summed E-state index contributed by atoms with van der Waals surface area (Å²) < 4.78 is 23.4. The van der Waals surface area contributed by atoms with Crippen molar-refractivity contribution in [3.8, 4) is 0 Å². The van der Waals surface area contributed by atoms with Crippen molar-refractivity contribution >= 4 is 17.2 Å². The van der Waals surface area contributed by atoms with Crippen LogP contribution in [0.4, 0.5) is 6.57 Å². The third kappa shape index (κ3) is 2.18. The first-order chi connectivity index (χ1) is 3.50. The number of hydrogen-bond acceptors (Lipinski definition) is 0. The zero-order valence-corrected chi connectivity index (χ0v) is 7.96. The standard InChI is InChI=1S/C5H11.2FH.Ga/c1-4-5(2)3;;;/h4H2,1-3H3;2*1H;/q;;;+2/p-2. The van der Waals surface area contributed by atoms with Gasteiger partial charge in [0.05, 0.1) is 0 Å². The Bertz CT molecular complexity index is 70.8. The zero-order valence-electron chi connectivity index (χ0n) is 5.54. The fourth-order valence-electron chi connectivity index (χ4n) is 0.154. The van der Waals surface area contributed by atoms with Crippen molar-refractivity contribution in [3.05, 3.63) is 0 Å². The van der Waals surface area contributed by atoms with E-state index < -0.39 is 21.2 Å². The van der Waals surface area contributed by atoms with Gasteiger partial charge in [-0.1, -0.05) is 0 Å². The van der Waals surface area contributed by atoms with E-state index in [1.54, 1.807) is 13.8 Å². The van der Waals surface area contributed by atoms with Crippen molar-refractivity contribution in [2.24, 2.45) is 0 Å². The summed E-state index contributed by atoms with van der Waals surface area (Å²) in [5.41, 5.74) is 0. The van der Waals surface area contributed by atoms with E-state index >= 15 is 0 Å². The molecule has 0 atom stereocenters. The second kappa shape index (κ2) is 2.87. The van der Waals surface area contributed by atoms with E-state index in [1.807, 2.05) is 6.92 Å². The summed E-state index contributed by atoms with van der Waals surface area (Å²) in [7, 11) is 0. The Morgan fingerprint density at radius 1 is 1.38 bits per heavy atom. The van der Waals surface area contributed by atoms with Gasteiger partial charge in [-0.05, 0) is 0 Å². The van der Waals surface area contributed by atoms with Gasteiger partial charge in [0.2, 0.25) is 0 Å². The number of rotatable bonds is 2. The molecule has 0 spiro atoms. The Hall–Kier alpha value is 0.496. The quantitative estimate of drug-likeness (QED) is 0.571. The summed E-state index contributed by atoms with van der Waals surface area (Å²) in [5.74, 6) is 0. The van der Waals surface area contributed by atoms with Crippen molar-refractivity contribution in [2.75, 3.05) is 0 Å². The molecule has 0 aromatic rings. The van der Waals surface area contributed by atoms with Gasteiger partial charge >= 0.3 is 55.0 Å². The van der Waals surface area contributed by atoms with Crippen LogP contribution in [0.15, 0.2) is 0 Å². The molecular formula is C5H11F2Ga. The molecule has 0 unspecified atom stereocenters. The van der Waals surface area contributed by atoms with Crippen molar-refractivity contribution < 1.29 is 6.57 Å². The first-order valence-electron chi connectivity index (χ1n) is 2.79. The molecule has 0 aromatic carbocycles. The van der Waals surface area contributed by atoms with E-state index in [0.717, 1.165) is 0 Å². The van der Waals surface area contributed by atoms with E-state index in [1.165, 1.54) is 0 Å². The van der Waals surface area contributed by atoms with E-state index in [9.17, 15) is 6.57 Å². The van der Waals surface area contributed by atoms with Crippen molar-refractivity contribution in [2.45, 2.75) is 31.2 Å². The van der Waals surface area contributed by atoms with Gasteiger partial charge in [0.25, 0.3) is 0 Å². The average Bonchev–Trinajstić information content (AvgIpc) is 1.67. The molecule has 8 heavy (non-hydrogen) atoms. The minimum atomic E-state index is -3.80. The third-order valence-corrected chi connectivity index (χ3v) is 4.84. The summed E-state index contributed by atoms with van der Waals surface area (Å²) >= 11 is -3.80. The van der Waals surface area contributed by atoms with E-state index in [-0.39, 0.29) is 0 Å². The van der Waals surface area contributed by atoms with Crippen molar-refractivity contribution in [1.82, 2.24) is 0 Å². The van der Waals surface area contributed by atoms with Crippen LogP contribution < -0.4 is 0 Å². The fourth-order valence-corrected chi connectivity index (χ4v) is 0.802. The summed E-state index contributed by atoms with van der Waals surface area (Å²) in [5, 5.41) is 0. The zero-order chi connectivity index (χ0) is 6.78. The first kappa shape index (κ1) is 8.50. The van der Waals surface area contributed by atoms with Crippen molar-refractivity contribution in [3.63, 3.8) is 0 Å². The topological polar surface area (TPSA) is 0 Å². The fraction of sp³-hybridized carbons (Fsp3) is 1.00. The van der Waals surface area contributed by atoms with E-state index in [4.69, 9.17) is 0 Å². The summed E-state index contributed by atoms with van der Waals surface area (Å²) in [6, 6.07) is 0. The Labute approximate surface area is 55.5 Å². The molecule has 0 saturated carbocycles. The normalized spacial score (nSPS) is 11.6. The molecule has 0 N–H and O–H groups in total. The van der Waals surface area contributed by atoms with Crippen LogP contribution in [0, 0.1) is 0 Å². The third-order valence-electron chi connectivity index (χ3n) is 1.50. The van der Waals surface area contributed by atoms with Crippen LogP contribution in [-0.4, -0.2) is 17.2 Å². The predicted octanol–water partition coefficient (Wildman–Crippen LogP) is 2.60. The summed E-state index contributed by atoms with van der Waals surface area (Å²) in [6.07, 6.45) is 0.616. The van der Waals surface area contributed by atoms with Gasteiger partial charge in [-0.25, -0.2) is 0 Å². The summed E-state index contributed by atoms with van der Waals surface area (Å²) in [4.78, 5) is 0. The molecule has 0 aliphatic rings. The molecule has 0 aromatic heterocycles. The number of hydrogen-bond donors (Lipinski definition) is 0. The average molecular weight is 179 g/mol. The Kier molecular flexibility index (Phi) is 3.05. The maximum absolute atomic E-state index is 12.0. The van der Waals surface area contributed by atoms with Crippen LogP contribution in [0.25, 0.3) is 0 Å². The molecule has 0 rings (SSSR count). The SMILES string of the molecule is CC[C](C)(C)[Ga]([F])[F]. The van der Waals surface area contributed by atoms with Crippen LogP contribution in [0.2, 0.25) is 3.97 Å². The molecule has 0 saturated heterocycles. The van der Waals surface area contributed by atoms with Gasteiger partial charge < -0.3 is 0 Å². The summed E-state index contributed by atoms with van der Waals surface area (Å²) in [6.45, 7) is 5.12. The molecule has 0 radical (unpaired) electrons.